The molecule has 0 aliphatic heterocycles. The standard InChI is InChI=1S/C18H18N4O5/c1-12-9-14(22(26)27)5-6-16(12)20-17(24)7-8-18(25)21-19-11-13-3-2-4-15(23)10-13/h2-6,9-11,23H,7-8H2,1H3,(H,20,24)(H,21,25)/b19-11-. The molecular weight excluding hydrogens is 352 g/mol. The lowest BCUT2D eigenvalue weighted by atomic mass is 10.1. The lowest BCUT2D eigenvalue weighted by Crippen LogP contribution is -2.20. The van der Waals surface area contributed by atoms with Crippen LogP contribution in [-0.4, -0.2) is 28.1 Å². The number of aromatic hydroxyl groups is 1. The van der Waals surface area contributed by atoms with E-state index in [0.717, 1.165) is 0 Å². The normalized spacial score (nSPS) is 10.6. The van der Waals surface area contributed by atoms with Gasteiger partial charge in [0.2, 0.25) is 11.8 Å². The molecule has 140 valence electrons. The van der Waals surface area contributed by atoms with E-state index < -0.39 is 10.8 Å². The zero-order valence-electron chi connectivity index (χ0n) is 14.5. The van der Waals surface area contributed by atoms with E-state index in [9.17, 15) is 24.8 Å². The van der Waals surface area contributed by atoms with Crippen molar-refractivity contribution in [1.82, 2.24) is 5.43 Å². The predicted molar refractivity (Wildman–Crippen MR) is 99.5 cm³/mol. The van der Waals surface area contributed by atoms with E-state index in [1.807, 2.05) is 0 Å². The van der Waals surface area contributed by atoms with E-state index in [1.54, 1.807) is 19.1 Å². The van der Waals surface area contributed by atoms with E-state index >= 15 is 0 Å². The minimum absolute atomic E-state index is 0.0607. The third-order valence-electron chi connectivity index (χ3n) is 3.55. The molecule has 2 aromatic carbocycles. The SMILES string of the molecule is Cc1cc([N+](=O)[O-])ccc1NC(=O)CCC(=O)N/N=C\c1cccc(O)c1. The number of nitro groups is 1. The van der Waals surface area contributed by atoms with Crippen LogP contribution in [0.15, 0.2) is 47.6 Å². The van der Waals surface area contributed by atoms with Gasteiger partial charge in [-0.05, 0) is 36.2 Å². The summed E-state index contributed by atoms with van der Waals surface area (Å²) < 4.78 is 0. The van der Waals surface area contributed by atoms with Crippen molar-refractivity contribution in [2.24, 2.45) is 5.10 Å². The highest BCUT2D eigenvalue weighted by atomic mass is 16.6. The molecule has 0 bridgehead atoms. The van der Waals surface area contributed by atoms with Crippen molar-refractivity contribution in [1.29, 1.82) is 0 Å². The Hall–Kier alpha value is -3.75. The molecule has 0 aliphatic carbocycles. The van der Waals surface area contributed by atoms with Crippen LogP contribution in [-0.2, 0) is 9.59 Å². The van der Waals surface area contributed by atoms with Gasteiger partial charge in [-0.25, -0.2) is 5.43 Å². The zero-order valence-corrected chi connectivity index (χ0v) is 14.5. The summed E-state index contributed by atoms with van der Waals surface area (Å²) in [7, 11) is 0. The van der Waals surface area contributed by atoms with Crippen molar-refractivity contribution in [3.63, 3.8) is 0 Å². The number of nitrogens with one attached hydrogen (secondary N) is 2. The maximum Gasteiger partial charge on any atom is 0.269 e. The van der Waals surface area contributed by atoms with Gasteiger partial charge in [-0.3, -0.25) is 19.7 Å². The third kappa shape index (κ3) is 6.24. The first kappa shape index (κ1) is 19.6. The van der Waals surface area contributed by atoms with Crippen molar-refractivity contribution in [2.75, 3.05) is 5.32 Å². The summed E-state index contributed by atoms with van der Waals surface area (Å²) in [5, 5.41) is 26.4. The number of amides is 2. The van der Waals surface area contributed by atoms with Crippen LogP contribution in [0.5, 0.6) is 5.75 Å². The van der Waals surface area contributed by atoms with Crippen LogP contribution in [0.3, 0.4) is 0 Å². The van der Waals surface area contributed by atoms with Crippen molar-refractivity contribution in [2.45, 2.75) is 19.8 Å². The Balaban J connectivity index is 1.79. The van der Waals surface area contributed by atoms with Gasteiger partial charge in [0.05, 0.1) is 11.1 Å². The van der Waals surface area contributed by atoms with Gasteiger partial charge in [0, 0.05) is 30.7 Å². The summed E-state index contributed by atoms with van der Waals surface area (Å²) in [6.45, 7) is 1.64. The Morgan fingerprint density at radius 1 is 1.19 bits per heavy atom. The predicted octanol–water partition coefficient (Wildman–Crippen LogP) is 2.48. The molecule has 9 nitrogen and oxygen atoms in total. The Morgan fingerprint density at radius 2 is 1.93 bits per heavy atom. The van der Waals surface area contributed by atoms with Crippen molar-refractivity contribution in [3.05, 3.63) is 63.7 Å². The van der Waals surface area contributed by atoms with Gasteiger partial charge in [0.25, 0.3) is 5.69 Å². The molecule has 2 rings (SSSR count). The first-order valence-electron chi connectivity index (χ1n) is 8.01. The molecule has 9 heteroatoms. The zero-order chi connectivity index (χ0) is 19.8. The fourth-order valence-corrected chi connectivity index (χ4v) is 2.18. The van der Waals surface area contributed by atoms with E-state index in [4.69, 9.17) is 0 Å². The number of benzene rings is 2. The minimum atomic E-state index is -0.514. The summed E-state index contributed by atoms with van der Waals surface area (Å²) in [5.74, 6) is -0.746. The molecule has 0 fully saturated rings. The van der Waals surface area contributed by atoms with Crippen molar-refractivity contribution < 1.29 is 19.6 Å². The van der Waals surface area contributed by atoms with Crippen molar-refractivity contribution >= 4 is 29.4 Å². The molecule has 0 aliphatic rings. The molecule has 2 amide bonds. The van der Waals surface area contributed by atoms with Crippen LogP contribution in [0.4, 0.5) is 11.4 Å². The number of non-ortho nitro benzene ring substituents is 1. The minimum Gasteiger partial charge on any atom is -0.508 e. The smallest absolute Gasteiger partial charge is 0.269 e. The van der Waals surface area contributed by atoms with E-state index in [1.165, 1.54) is 36.5 Å². The Kier molecular flexibility index (Phi) is 6.59. The maximum atomic E-state index is 11.9. The molecule has 3 N–H and O–H groups in total. The van der Waals surface area contributed by atoms with Gasteiger partial charge < -0.3 is 10.4 Å². The Labute approximate surface area is 154 Å². The quantitative estimate of drug-likeness (QED) is 0.391. The molecule has 0 unspecified atom stereocenters. The van der Waals surface area contributed by atoms with Gasteiger partial charge in [-0.1, -0.05) is 12.1 Å². The molecule has 0 atom stereocenters. The summed E-state index contributed by atoms with van der Waals surface area (Å²) in [5.41, 5.74) is 3.85. The second kappa shape index (κ2) is 9.09. The fraction of sp³-hybridized carbons (Fsp3) is 0.167. The highest BCUT2D eigenvalue weighted by Gasteiger charge is 2.11. The first-order chi connectivity index (χ1) is 12.8. The molecule has 0 saturated carbocycles. The molecule has 0 radical (unpaired) electrons. The topological polar surface area (TPSA) is 134 Å². The van der Waals surface area contributed by atoms with Crippen LogP contribution in [0.1, 0.15) is 24.0 Å². The Bertz CT molecular complexity index is 895. The maximum absolute atomic E-state index is 11.9. The monoisotopic (exact) mass is 370 g/mol. The lowest BCUT2D eigenvalue weighted by molar-refractivity contribution is -0.384. The summed E-state index contributed by atoms with van der Waals surface area (Å²) in [6, 6.07) is 10.4. The summed E-state index contributed by atoms with van der Waals surface area (Å²) >= 11 is 0. The average molecular weight is 370 g/mol. The number of rotatable bonds is 7. The summed E-state index contributed by atoms with van der Waals surface area (Å²) in [4.78, 5) is 33.8. The van der Waals surface area contributed by atoms with Gasteiger partial charge in [-0.2, -0.15) is 5.10 Å². The molecule has 27 heavy (non-hydrogen) atoms. The highest BCUT2D eigenvalue weighted by Crippen LogP contribution is 2.21. The molecule has 0 aromatic heterocycles. The fourth-order valence-electron chi connectivity index (χ4n) is 2.18. The van der Waals surface area contributed by atoms with E-state index in [2.05, 4.69) is 15.8 Å². The lowest BCUT2D eigenvalue weighted by Gasteiger charge is -2.08. The molecule has 0 saturated heterocycles. The number of nitro benzene ring substituents is 1. The van der Waals surface area contributed by atoms with E-state index in [0.29, 0.717) is 16.8 Å². The van der Waals surface area contributed by atoms with Crippen LogP contribution in [0.25, 0.3) is 0 Å². The first-order valence-corrected chi connectivity index (χ1v) is 8.01. The number of hydrogen-bond donors (Lipinski definition) is 3. The largest absolute Gasteiger partial charge is 0.508 e. The number of hydrazone groups is 1. The van der Waals surface area contributed by atoms with Gasteiger partial charge in [-0.15, -0.1) is 0 Å². The number of carbonyl (C=O) groups excluding carboxylic acids is 2. The van der Waals surface area contributed by atoms with Gasteiger partial charge in [0.15, 0.2) is 0 Å². The highest BCUT2D eigenvalue weighted by molar-refractivity contribution is 5.94. The van der Waals surface area contributed by atoms with Gasteiger partial charge in [0.1, 0.15) is 5.75 Å². The summed E-state index contributed by atoms with van der Waals surface area (Å²) in [6.07, 6.45) is 1.23. The number of phenolic OH excluding ortho intramolecular Hbond substituents is 1. The van der Waals surface area contributed by atoms with Crippen LogP contribution < -0.4 is 10.7 Å². The molecule has 0 spiro atoms. The van der Waals surface area contributed by atoms with Crippen LogP contribution in [0, 0.1) is 17.0 Å². The van der Waals surface area contributed by atoms with E-state index in [-0.39, 0.29) is 30.2 Å². The Morgan fingerprint density at radius 3 is 2.59 bits per heavy atom. The number of carbonyl (C=O) groups is 2. The van der Waals surface area contributed by atoms with Crippen molar-refractivity contribution in [3.8, 4) is 5.75 Å². The average Bonchev–Trinajstić information content (AvgIpc) is 2.61. The molecule has 0 heterocycles. The van der Waals surface area contributed by atoms with Crippen LogP contribution >= 0.6 is 0 Å². The number of anilines is 1. The second-order valence-corrected chi connectivity index (χ2v) is 5.69. The third-order valence-corrected chi connectivity index (χ3v) is 3.55. The molecule has 2 aromatic rings. The number of aryl methyl sites for hydroxylation is 1. The van der Waals surface area contributed by atoms with Gasteiger partial charge >= 0.3 is 0 Å². The molecular formula is C18H18N4O5. The number of nitrogens with zero attached hydrogens (tertiary/aromatic N) is 2. The number of hydrogen-bond acceptors (Lipinski definition) is 6. The second-order valence-electron chi connectivity index (χ2n) is 5.69. The van der Waals surface area contributed by atoms with Crippen LogP contribution in [0.2, 0.25) is 0 Å². The number of phenols is 1.